The number of imidazole rings is 1. The molecule has 0 aliphatic carbocycles. The summed E-state index contributed by atoms with van der Waals surface area (Å²) >= 11 is 0. The van der Waals surface area contributed by atoms with E-state index in [0.29, 0.717) is 0 Å². The lowest BCUT2D eigenvalue weighted by Gasteiger charge is -2.13. The van der Waals surface area contributed by atoms with Gasteiger partial charge in [0.05, 0.1) is 11.0 Å². The van der Waals surface area contributed by atoms with Crippen LogP contribution in [-0.2, 0) is 16.1 Å². The molecule has 4 nitrogen and oxygen atoms in total. The van der Waals surface area contributed by atoms with Gasteiger partial charge < -0.3 is 9.30 Å². The van der Waals surface area contributed by atoms with Crippen molar-refractivity contribution in [1.29, 1.82) is 0 Å². The second kappa shape index (κ2) is 5.21. The third kappa shape index (κ3) is 2.70. The predicted molar refractivity (Wildman–Crippen MR) is 70.3 cm³/mol. The summed E-state index contributed by atoms with van der Waals surface area (Å²) in [5, 5.41) is 0. The number of para-hydroxylation sites is 2. The van der Waals surface area contributed by atoms with E-state index in [1.54, 1.807) is 0 Å². The molecule has 4 heteroatoms. The van der Waals surface area contributed by atoms with E-state index in [1.807, 2.05) is 32.0 Å². The fourth-order valence-corrected chi connectivity index (χ4v) is 2.13. The Morgan fingerprint density at radius 1 is 1.44 bits per heavy atom. The molecule has 1 atom stereocenters. The van der Waals surface area contributed by atoms with Crippen LogP contribution in [0.15, 0.2) is 24.3 Å². The van der Waals surface area contributed by atoms with Crippen LogP contribution < -0.4 is 0 Å². The molecule has 1 heterocycles. The van der Waals surface area contributed by atoms with Crippen LogP contribution in [0.25, 0.3) is 11.0 Å². The first-order valence-electron chi connectivity index (χ1n) is 6.17. The van der Waals surface area contributed by atoms with Gasteiger partial charge in [0.1, 0.15) is 11.9 Å². The molecule has 0 fully saturated rings. The fraction of sp³-hybridized carbons (Fsp3) is 0.429. The van der Waals surface area contributed by atoms with Crippen molar-refractivity contribution >= 4 is 17.0 Å². The molecule has 1 aromatic heterocycles. The number of carbonyl (C=O) groups is 1. The number of aromatic nitrogens is 2. The highest BCUT2D eigenvalue weighted by molar-refractivity contribution is 5.75. The Balaban J connectivity index is 2.12. The molecule has 0 amide bonds. The molecule has 0 saturated heterocycles. The first-order chi connectivity index (χ1) is 8.58. The van der Waals surface area contributed by atoms with Crippen molar-refractivity contribution in [2.75, 3.05) is 0 Å². The molecule has 0 bridgehead atoms. The maximum absolute atomic E-state index is 10.9. The number of fused-ring (bicyclic) bond motifs is 1. The second-order valence-corrected chi connectivity index (χ2v) is 4.51. The number of carbonyl (C=O) groups excluding carboxylic acids is 1. The maximum Gasteiger partial charge on any atom is 0.302 e. The molecule has 0 saturated carbocycles. The fourth-order valence-electron chi connectivity index (χ4n) is 2.13. The Labute approximate surface area is 107 Å². The summed E-state index contributed by atoms with van der Waals surface area (Å²) in [6, 6.07) is 8.07. The largest absolute Gasteiger partial charge is 0.463 e. The number of hydrogen-bond donors (Lipinski definition) is 0. The molecule has 2 aromatic rings. The van der Waals surface area contributed by atoms with Crippen LogP contribution in [0.5, 0.6) is 0 Å². The minimum absolute atomic E-state index is 0.0666. The quantitative estimate of drug-likeness (QED) is 0.779. The van der Waals surface area contributed by atoms with Gasteiger partial charge in [-0.15, -0.1) is 0 Å². The van der Waals surface area contributed by atoms with Gasteiger partial charge in [-0.2, -0.15) is 0 Å². The molecule has 0 radical (unpaired) electrons. The third-order valence-electron chi connectivity index (χ3n) is 2.97. The molecule has 0 aliphatic heterocycles. The van der Waals surface area contributed by atoms with E-state index < -0.39 is 0 Å². The highest BCUT2D eigenvalue weighted by atomic mass is 16.5. The summed E-state index contributed by atoms with van der Waals surface area (Å²) in [6.07, 6.45) is 0.726. The second-order valence-electron chi connectivity index (χ2n) is 4.51. The number of rotatable bonds is 4. The molecule has 1 aromatic carbocycles. The molecular formula is C14H18N2O2. The van der Waals surface area contributed by atoms with Crippen molar-refractivity contribution in [3.63, 3.8) is 0 Å². The van der Waals surface area contributed by atoms with Crippen LogP contribution in [0.4, 0.5) is 0 Å². The number of nitrogens with zero attached hydrogens (tertiary/aromatic N) is 2. The van der Waals surface area contributed by atoms with E-state index in [0.717, 1.165) is 29.8 Å². The van der Waals surface area contributed by atoms with Gasteiger partial charge in [0.25, 0.3) is 0 Å². The number of ether oxygens (including phenoxy) is 1. The Kier molecular flexibility index (Phi) is 3.65. The van der Waals surface area contributed by atoms with E-state index in [9.17, 15) is 4.79 Å². The van der Waals surface area contributed by atoms with Crippen LogP contribution in [-0.4, -0.2) is 21.6 Å². The lowest BCUT2D eigenvalue weighted by Crippen LogP contribution is -2.15. The minimum atomic E-state index is -0.227. The zero-order valence-corrected chi connectivity index (χ0v) is 11.0. The molecule has 96 valence electrons. The minimum Gasteiger partial charge on any atom is -0.463 e. The van der Waals surface area contributed by atoms with Crippen molar-refractivity contribution in [3.05, 3.63) is 30.1 Å². The number of esters is 1. The van der Waals surface area contributed by atoms with Gasteiger partial charge in [0.2, 0.25) is 0 Å². The normalized spacial score (nSPS) is 12.6. The summed E-state index contributed by atoms with van der Waals surface area (Å²) in [6.45, 7) is 6.15. The number of benzene rings is 1. The van der Waals surface area contributed by atoms with Crippen LogP contribution in [0.3, 0.4) is 0 Å². The summed E-state index contributed by atoms with van der Waals surface area (Å²) in [7, 11) is 0. The molecular weight excluding hydrogens is 228 g/mol. The van der Waals surface area contributed by atoms with E-state index in [2.05, 4.69) is 15.6 Å². The van der Waals surface area contributed by atoms with Gasteiger partial charge in [-0.25, -0.2) is 4.98 Å². The first-order valence-corrected chi connectivity index (χ1v) is 6.17. The molecule has 2 rings (SSSR count). The van der Waals surface area contributed by atoms with E-state index in [1.165, 1.54) is 6.92 Å². The van der Waals surface area contributed by atoms with E-state index in [-0.39, 0.29) is 12.1 Å². The van der Waals surface area contributed by atoms with Gasteiger partial charge in [-0.1, -0.05) is 12.1 Å². The summed E-state index contributed by atoms with van der Waals surface area (Å²) in [5.41, 5.74) is 2.14. The molecule has 0 spiro atoms. The SMILES string of the molecule is CC(=O)O[C@H](C)CCn1c(C)nc2ccccc21. The molecule has 0 unspecified atom stereocenters. The number of aryl methyl sites for hydroxylation is 2. The Hall–Kier alpha value is -1.84. The summed E-state index contributed by atoms with van der Waals surface area (Å²) in [4.78, 5) is 15.4. The van der Waals surface area contributed by atoms with E-state index >= 15 is 0 Å². The lowest BCUT2D eigenvalue weighted by molar-refractivity contribution is -0.145. The Bertz CT molecular complexity index is 560. The average molecular weight is 246 g/mol. The van der Waals surface area contributed by atoms with Gasteiger partial charge >= 0.3 is 5.97 Å². The van der Waals surface area contributed by atoms with Crippen LogP contribution in [0.1, 0.15) is 26.1 Å². The molecule has 0 aliphatic rings. The zero-order valence-electron chi connectivity index (χ0n) is 11.0. The van der Waals surface area contributed by atoms with Crippen LogP contribution >= 0.6 is 0 Å². The van der Waals surface area contributed by atoms with Gasteiger partial charge in [-0.05, 0) is 26.0 Å². The van der Waals surface area contributed by atoms with Crippen molar-refractivity contribution in [1.82, 2.24) is 9.55 Å². The highest BCUT2D eigenvalue weighted by Gasteiger charge is 2.10. The molecule has 18 heavy (non-hydrogen) atoms. The van der Waals surface area contributed by atoms with Crippen molar-refractivity contribution in [2.45, 2.75) is 39.8 Å². The maximum atomic E-state index is 10.9. The van der Waals surface area contributed by atoms with Crippen molar-refractivity contribution in [2.24, 2.45) is 0 Å². The van der Waals surface area contributed by atoms with Crippen molar-refractivity contribution < 1.29 is 9.53 Å². The van der Waals surface area contributed by atoms with E-state index in [4.69, 9.17) is 4.74 Å². The monoisotopic (exact) mass is 246 g/mol. The van der Waals surface area contributed by atoms with Crippen molar-refractivity contribution in [3.8, 4) is 0 Å². The third-order valence-corrected chi connectivity index (χ3v) is 2.97. The lowest BCUT2D eigenvalue weighted by atomic mass is 10.2. The smallest absolute Gasteiger partial charge is 0.302 e. The highest BCUT2D eigenvalue weighted by Crippen LogP contribution is 2.16. The van der Waals surface area contributed by atoms with Gasteiger partial charge in [0.15, 0.2) is 0 Å². The topological polar surface area (TPSA) is 44.1 Å². The standard InChI is InChI=1S/C14H18N2O2/c1-10(18-12(3)17)8-9-16-11(2)15-13-6-4-5-7-14(13)16/h4-7,10H,8-9H2,1-3H3/t10-/m1/s1. The summed E-state index contributed by atoms with van der Waals surface area (Å²) in [5.74, 6) is 0.765. The molecule has 0 N–H and O–H groups in total. The summed E-state index contributed by atoms with van der Waals surface area (Å²) < 4.78 is 7.29. The Morgan fingerprint density at radius 2 is 2.17 bits per heavy atom. The van der Waals surface area contributed by atoms with Gasteiger partial charge in [-0.3, -0.25) is 4.79 Å². The van der Waals surface area contributed by atoms with Crippen LogP contribution in [0, 0.1) is 6.92 Å². The zero-order chi connectivity index (χ0) is 13.1. The average Bonchev–Trinajstić information content (AvgIpc) is 2.61. The first kappa shape index (κ1) is 12.6. The predicted octanol–water partition coefficient (Wildman–Crippen LogP) is 2.69. The van der Waals surface area contributed by atoms with Gasteiger partial charge in [0, 0.05) is 19.9 Å². The van der Waals surface area contributed by atoms with Crippen LogP contribution in [0.2, 0.25) is 0 Å². The number of hydrogen-bond acceptors (Lipinski definition) is 3. The Morgan fingerprint density at radius 3 is 2.89 bits per heavy atom.